The molecule has 4 rings (SSSR count). The van der Waals surface area contributed by atoms with Gasteiger partial charge in [-0.25, -0.2) is 4.98 Å². The van der Waals surface area contributed by atoms with Crippen LogP contribution in [0.15, 0.2) is 60.0 Å². The SMILES string of the molecule is Cc1ccn(C(C)c2ccccc2)c(=O)c1C(=O)N1CCN(CCn2cncn2)CC1. The van der Waals surface area contributed by atoms with E-state index in [9.17, 15) is 9.59 Å². The summed E-state index contributed by atoms with van der Waals surface area (Å²) in [6, 6.07) is 11.6. The first kappa shape index (κ1) is 21.0. The highest BCUT2D eigenvalue weighted by atomic mass is 16.2. The number of nitrogens with zero attached hydrogens (tertiary/aromatic N) is 6. The number of hydrogen-bond donors (Lipinski definition) is 0. The molecule has 2 aromatic heterocycles. The molecule has 1 fully saturated rings. The zero-order valence-electron chi connectivity index (χ0n) is 18.0. The molecule has 3 heterocycles. The topological polar surface area (TPSA) is 76.3 Å². The van der Waals surface area contributed by atoms with Crippen molar-refractivity contribution < 1.29 is 4.79 Å². The summed E-state index contributed by atoms with van der Waals surface area (Å²) in [7, 11) is 0. The second-order valence-corrected chi connectivity index (χ2v) is 7.97. The van der Waals surface area contributed by atoms with Crippen LogP contribution in [-0.2, 0) is 6.54 Å². The van der Waals surface area contributed by atoms with E-state index >= 15 is 0 Å². The maximum Gasteiger partial charge on any atom is 0.264 e. The van der Waals surface area contributed by atoms with E-state index in [0.717, 1.165) is 37.3 Å². The minimum Gasteiger partial charge on any atom is -0.336 e. The highest BCUT2D eigenvalue weighted by molar-refractivity contribution is 5.95. The number of hydrogen-bond acceptors (Lipinski definition) is 5. The van der Waals surface area contributed by atoms with Gasteiger partial charge in [-0.15, -0.1) is 0 Å². The van der Waals surface area contributed by atoms with E-state index in [1.807, 2.05) is 50.2 Å². The van der Waals surface area contributed by atoms with Crippen LogP contribution in [0.2, 0.25) is 0 Å². The smallest absolute Gasteiger partial charge is 0.264 e. The van der Waals surface area contributed by atoms with Gasteiger partial charge in [0.25, 0.3) is 11.5 Å². The lowest BCUT2D eigenvalue weighted by molar-refractivity contribution is 0.0628. The van der Waals surface area contributed by atoms with Gasteiger partial charge in [-0.3, -0.25) is 19.2 Å². The van der Waals surface area contributed by atoms with E-state index in [1.165, 1.54) is 6.33 Å². The Morgan fingerprint density at radius 3 is 2.48 bits per heavy atom. The molecule has 1 aliphatic heterocycles. The Hall–Kier alpha value is -3.26. The Morgan fingerprint density at radius 1 is 1.06 bits per heavy atom. The lowest BCUT2D eigenvalue weighted by Crippen LogP contribution is -2.50. The number of carbonyl (C=O) groups is 1. The van der Waals surface area contributed by atoms with Crippen molar-refractivity contribution in [1.82, 2.24) is 29.1 Å². The van der Waals surface area contributed by atoms with Crippen LogP contribution in [0.4, 0.5) is 0 Å². The third-order valence-corrected chi connectivity index (χ3v) is 6.01. The van der Waals surface area contributed by atoms with Crippen LogP contribution in [0, 0.1) is 6.92 Å². The molecule has 1 amide bonds. The highest BCUT2D eigenvalue weighted by Crippen LogP contribution is 2.17. The minimum atomic E-state index is -0.227. The number of carbonyl (C=O) groups excluding carboxylic acids is 1. The van der Waals surface area contributed by atoms with Crippen LogP contribution in [0.5, 0.6) is 0 Å². The molecule has 31 heavy (non-hydrogen) atoms. The van der Waals surface area contributed by atoms with Crippen molar-refractivity contribution in [1.29, 1.82) is 0 Å². The average molecular weight is 421 g/mol. The third-order valence-electron chi connectivity index (χ3n) is 6.01. The summed E-state index contributed by atoms with van der Waals surface area (Å²) in [5.41, 5.74) is 1.81. The molecular weight excluding hydrogens is 392 g/mol. The maximum absolute atomic E-state index is 13.3. The summed E-state index contributed by atoms with van der Waals surface area (Å²) in [5, 5.41) is 4.12. The number of rotatable bonds is 6. The largest absolute Gasteiger partial charge is 0.336 e. The number of aryl methyl sites for hydroxylation is 1. The highest BCUT2D eigenvalue weighted by Gasteiger charge is 2.26. The van der Waals surface area contributed by atoms with E-state index in [1.54, 1.807) is 26.7 Å². The Bertz CT molecular complexity index is 1070. The Morgan fingerprint density at radius 2 is 1.81 bits per heavy atom. The molecule has 162 valence electrons. The number of amides is 1. The molecule has 1 aromatic carbocycles. The van der Waals surface area contributed by atoms with Gasteiger partial charge in [0.1, 0.15) is 18.2 Å². The fourth-order valence-corrected chi connectivity index (χ4v) is 4.02. The second-order valence-electron chi connectivity index (χ2n) is 7.97. The van der Waals surface area contributed by atoms with Crippen LogP contribution in [0.3, 0.4) is 0 Å². The molecule has 0 radical (unpaired) electrons. The molecule has 0 bridgehead atoms. The van der Waals surface area contributed by atoms with Crippen molar-refractivity contribution in [3.63, 3.8) is 0 Å². The van der Waals surface area contributed by atoms with Gasteiger partial charge >= 0.3 is 0 Å². The van der Waals surface area contributed by atoms with E-state index in [4.69, 9.17) is 0 Å². The van der Waals surface area contributed by atoms with Crippen LogP contribution in [-0.4, -0.2) is 67.8 Å². The number of piperazine rings is 1. The van der Waals surface area contributed by atoms with Gasteiger partial charge in [-0.05, 0) is 31.0 Å². The summed E-state index contributed by atoms with van der Waals surface area (Å²) >= 11 is 0. The molecule has 1 aliphatic rings. The molecule has 1 unspecified atom stereocenters. The van der Waals surface area contributed by atoms with Crippen molar-refractivity contribution >= 4 is 5.91 Å². The standard InChI is InChI=1S/C23H28N6O2/c1-18-8-9-29(19(2)20-6-4-3-5-7-20)23(31)21(18)22(30)27-13-10-26(11-14-27)12-15-28-17-24-16-25-28/h3-9,16-17,19H,10-15H2,1-2H3. The molecule has 3 aromatic rings. The van der Waals surface area contributed by atoms with E-state index in [0.29, 0.717) is 13.1 Å². The predicted octanol–water partition coefficient (Wildman–Crippen LogP) is 1.82. The lowest BCUT2D eigenvalue weighted by Gasteiger charge is -2.34. The Labute approximate surface area is 181 Å². The number of benzene rings is 1. The second kappa shape index (κ2) is 9.26. The third kappa shape index (κ3) is 4.59. The van der Waals surface area contributed by atoms with Gasteiger partial charge in [0.2, 0.25) is 0 Å². The fraction of sp³-hybridized carbons (Fsp3) is 0.391. The summed E-state index contributed by atoms with van der Waals surface area (Å²) < 4.78 is 3.46. The van der Waals surface area contributed by atoms with Crippen LogP contribution in [0.1, 0.15) is 34.5 Å². The van der Waals surface area contributed by atoms with Crippen molar-refractivity contribution in [2.75, 3.05) is 32.7 Å². The lowest BCUT2D eigenvalue weighted by atomic mass is 10.1. The van der Waals surface area contributed by atoms with Crippen molar-refractivity contribution in [2.45, 2.75) is 26.4 Å². The van der Waals surface area contributed by atoms with Crippen LogP contribution in [0.25, 0.3) is 0 Å². The molecule has 0 aliphatic carbocycles. The van der Waals surface area contributed by atoms with Crippen molar-refractivity contribution in [3.05, 3.63) is 82.3 Å². The number of pyridine rings is 1. The Kier molecular flexibility index (Phi) is 6.27. The molecule has 8 heteroatoms. The van der Waals surface area contributed by atoms with Crippen LogP contribution < -0.4 is 5.56 Å². The molecule has 0 spiro atoms. The molecule has 1 saturated heterocycles. The first-order valence-corrected chi connectivity index (χ1v) is 10.7. The zero-order chi connectivity index (χ0) is 21.8. The van der Waals surface area contributed by atoms with Gasteiger partial charge in [0.15, 0.2) is 0 Å². The van der Waals surface area contributed by atoms with E-state index in [-0.39, 0.29) is 23.1 Å². The quantitative estimate of drug-likeness (QED) is 0.608. The summed E-state index contributed by atoms with van der Waals surface area (Å²) in [4.78, 5) is 34.6. The maximum atomic E-state index is 13.3. The van der Waals surface area contributed by atoms with E-state index in [2.05, 4.69) is 15.0 Å². The first-order valence-electron chi connectivity index (χ1n) is 10.7. The predicted molar refractivity (Wildman–Crippen MR) is 118 cm³/mol. The van der Waals surface area contributed by atoms with Gasteiger partial charge in [-0.1, -0.05) is 30.3 Å². The fourth-order valence-electron chi connectivity index (χ4n) is 4.02. The summed E-state index contributed by atoms with van der Waals surface area (Å²) in [6.45, 7) is 8.22. The van der Waals surface area contributed by atoms with Crippen molar-refractivity contribution in [3.8, 4) is 0 Å². The van der Waals surface area contributed by atoms with Gasteiger partial charge < -0.3 is 9.47 Å². The molecule has 8 nitrogen and oxygen atoms in total. The summed E-state index contributed by atoms with van der Waals surface area (Å²) in [5.74, 6) is -0.173. The Balaban J connectivity index is 1.45. The molecular formula is C23H28N6O2. The van der Waals surface area contributed by atoms with Gasteiger partial charge in [-0.2, -0.15) is 5.10 Å². The minimum absolute atomic E-state index is 0.144. The summed E-state index contributed by atoms with van der Waals surface area (Å²) in [6.07, 6.45) is 5.03. The normalized spacial score (nSPS) is 15.7. The monoisotopic (exact) mass is 420 g/mol. The van der Waals surface area contributed by atoms with Gasteiger partial charge in [0.05, 0.1) is 12.6 Å². The van der Waals surface area contributed by atoms with Crippen LogP contribution >= 0.6 is 0 Å². The zero-order valence-corrected chi connectivity index (χ0v) is 18.0. The average Bonchev–Trinajstić information content (AvgIpc) is 3.32. The number of aromatic nitrogens is 4. The first-order chi connectivity index (χ1) is 15.0. The molecule has 1 atom stereocenters. The molecule has 0 saturated carbocycles. The van der Waals surface area contributed by atoms with Gasteiger partial charge in [0, 0.05) is 38.9 Å². The van der Waals surface area contributed by atoms with Crippen molar-refractivity contribution in [2.24, 2.45) is 0 Å². The van der Waals surface area contributed by atoms with E-state index < -0.39 is 0 Å². The molecule has 0 N–H and O–H groups in total.